The number of rotatable bonds is 3. The van der Waals surface area contributed by atoms with Crippen LogP contribution in [0.15, 0.2) is 12.4 Å². The van der Waals surface area contributed by atoms with Gasteiger partial charge < -0.3 is 10.5 Å². The van der Waals surface area contributed by atoms with Crippen molar-refractivity contribution in [2.45, 2.75) is 20.8 Å². The zero-order valence-electron chi connectivity index (χ0n) is 11.0. The highest BCUT2D eigenvalue weighted by Crippen LogP contribution is 2.14. The van der Waals surface area contributed by atoms with E-state index in [1.54, 1.807) is 13.1 Å². The van der Waals surface area contributed by atoms with Crippen molar-refractivity contribution in [3.05, 3.63) is 29.5 Å². The molecule has 2 heterocycles. The third-order valence-electron chi connectivity index (χ3n) is 2.63. The fourth-order valence-corrected chi connectivity index (χ4v) is 1.50. The maximum Gasteiger partial charge on any atom is 0.361 e. The number of hydrogen-bond donors (Lipinski definition) is 1. The molecule has 2 N–H and O–H groups in total. The van der Waals surface area contributed by atoms with Crippen LogP contribution in [0.5, 0.6) is 0 Å². The number of nitrogen functional groups attached to an aromatic ring is 1. The summed E-state index contributed by atoms with van der Waals surface area (Å²) < 4.78 is 6.29. The van der Waals surface area contributed by atoms with Crippen molar-refractivity contribution in [2.24, 2.45) is 0 Å². The Morgan fingerprint density at radius 3 is 2.79 bits per heavy atom. The van der Waals surface area contributed by atoms with Crippen LogP contribution in [0.3, 0.4) is 0 Å². The Morgan fingerprint density at radius 2 is 2.16 bits per heavy atom. The lowest BCUT2D eigenvalue weighted by atomic mass is 10.3. The van der Waals surface area contributed by atoms with Crippen LogP contribution in [0.2, 0.25) is 0 Å². The summed E-state index contributed by atoms with van der Waals surface area (Å²) in [7, 11) is 0. The molecule has 0 amide bonds. The van der Waals surface area contributed by atoms with Gasteiger partial charge in [0.15, 0.2) is 11.5 Å². The van der Waals surface area contributed by atoms with E-state index in [0.717, 1.165) is 11.4 Å². The lowest BCUT2D eigenvalue weighted by molar-refractivity contribution is 0.0520. The van der Waals surface area contributed by atoms with E-state index in [9.17, 15) is 4.79 Å². The zero-order valence-corrected chi connectivity index (χ0v) is 11.0. The number of nitrogens with zero attached hydrogens (tertiary/aromatic N) is 4. The summed E-state index contributed by atoms with van der Waals surface area (Å²) in [6, 6.07) is 0. The molecule has 7 nitrogen and oxygen atoms in total. The van der Waals surface area contributed by atoms with Gasteiger partial charge in [-0.1, -0.05) is 0 Å². The number of aryl methyl sites for hydroxylation is 2. The molecule has 0 aliphatic rings. The summed E-state index contributed by atoms with van der Waals surface area (Å²) in [5.74, 6) is -0.0408. The van der Waals surface area contributed by atoms with Gasteiger partial charge in [-0.2, -0.15) is 5.10 Å². The average Bonchev–Trinajstić information content (AvgIpc) is 2.75. The van der Waals surface area contributed by atoms with Crippen LogP contribution in [0.25, 0.3) is 5.82 Å². The maximum absolute atomic E-state index is 11.6. The molecular formula is C12H15N5O2. The van der Waals surface area contributed by atoms with Crippen molar-refractivity contribution >= 4 is 11.7 Å². The molecule has 0 bridgehead atoms. The second-order valence-corrected chi connectivity index (χ2v) is 4.00. The topological polar surface area (TPSA) is 95.9 Å². The molecule has 0 aromatic carbocycles. The monoisotopic (exact) mass is 261 g/mol. The Bertz CT molecular complexity index is 621. The number of nitrogens with two attached hydrogens (primary N) is 1. The zero-order chi connectivity index (χ0) is 14.0. The van der Waals surface area contributed by atoms with Crippen LogP contribution in [0.1, 0.15) is 28.8 Å². The van der Waals surface area contributed by atoms with Gasteiger partial charge in [0.25, 0.3) is 0 Å². The summed E-state index contributed by atoms with van der Waals surface area (Å²) in [4.78, 5) is 20.1. The van der Waals surface area contributed by atoms with E-state index in [-0.39, 0.29) is 18.0 Å². The molecule has 7 heteroatoms. The van der Waals surface area contributed by atoms with Gasteiger partial charge in [-0.15, -0.1) is 0 Å². The Labute approximate surface area is 110 Å². The second-order valence-electron chi connectivity index (χ2n) is 4.00. The van der Waals surface area contributed by atoms with Gasteiger partial charge in [0.1, 0.15) is 0 Å². The SMILES string of the molecule is CCOC(=O)c1nn(-c2cnc(C)c(C)n2)cc1N. The number of esters is 1. The molecule has 2 rings (SSSR count). The van der Waals surface area contributed by atoms with Gasteiger partial charge in [-0.3, -0.25) is 4.98 Å². The second kappa shape index (κ2) is 5.05. The summed E-state index contributed by atoms with van der Waals surface area (Å²) in [5.41, 5.74) is 7.72. The number of carbonyl (C=O) groups excluding carboxylic acids is 1. The van der Waals surface area contributed by atoms with E-state index in [4.69, 9.17) is 10.5 Å². The first kappa shape index (κ1) is 13.0. The molecule has 2 aromatic heterocycles. The molecule has 0 spiro atoms. The standard InChI is InChI=1S/C12H15N5O2/c1-4-19-12(18)11-9(13)6-17(16-11)10-5-14-7(2)8(3)15-10/h5-6H,4,13H2,1-3H3. The fraction of sp³-hybridized carbons (Fsp3) is 0.333. The van der Waals surface area contributed by atoms with E-state index in [0.29, 0.717) is 5.82 Å². The van der Waals surface area contributed by atoms with E-state index in [2.05, 4.69) is 15.1 Å². The summed E-state index contributed by atoms with van der Waals surface area (Å²) in [5, 5.41) is 4.08. The first-order valence-corrected chi connectivity index (χ1v) is 5.85. The van der Waals surface area contributed by atoms with Gasteiger partial charge in [0.05, 0.1) is 36.1 Å². The van der Waals surface area contributed by atoms with Crippen LogP contribution in [0, 0.1) is 13.8 Å². The largest absolute Gasteiger partial charge is 0.461 e. The molecule has 0 aliphatic heterocycles. The molecule has 0 atom stereocenters. The van der Waals surface area contributed by atoms with Crippen LogP contribution in [-0.4, -0.2) is 32.3 Å². The van der Waals surface area contributed by atoms with Crippen LogP contribution in [-0.2, 0) is 4.74 Å². The molecule has 0 unspecified atom stereocenters. The van der Waals surface area contributed by atoms with E-state index in [1.807, 2.05) is 13.8 Å². The molecular weight excluding hydrogens is 246 g/mol. The summed E-state index contributed by atoms with van der Waals surface area (Å²) in [6.07, 6.45) is 3.09. The van der Waals surface area contributed by atoms with Gasteiger partial charge >= 0.3 is 5.97 Å². The quantitative estimate of drug-likeness (QED) is 0.829. The van der Waals surface area contributed by atoms with Crippen molar-refractivity contribution in [2.75, 3.05) is 12.3 Å². The number of anilines is 1. The highest BCUT2D eigenvalue weighted by Gasteiger charge is 2.17. The number of carbonyl (C=O) groups is 1. The van der Waals surface area contributed by atoms with E-state index in [1.165, 1.54) is 10.9 Å². The Morgan fingerprint density at radius 1 is 1.42 bits per heavy atom. The number of aromatic nitrogens is 4. The summed E-state index contributed by atoms with van der Waals surface area (Å²) in [6.45, 7) is 5.72. The lowest BCUT2D eigenvalue weighted by Gasteiger charge is -2.02. The van der Waals surface area contributed by atoms with Gasteiger partial charge in [0.2, 0.25) is 0 Å². The minimum Gasteiger partial charge on any atom is -0.461 e. The summed E-state index contributed by atoms with van der Waals surface area (Å²) >= 11 is 0. The van der Waals surface area contributed by atoms with Crippen LogP contribution < -0.4 is 5.73 Å². The van der Waals surface area contributed by atoms with E-state index >= 15 is 0 Å². The van der Waals surface area contributed by atoms with Gasteiger partial charge in [0, 0.05) is 0 Å². The smallest absolute Gasteiger partial charge is 0.361 e. The third kappa shape index (κ3) is 2.54. The Hall–Kier alpha value is -2.44. The molecule has 0 saturated heterocycles. The molecule has 0 saturated carbocycles. The Kier molecular flexibility index (Phi) is 3.46. The van der Waals surface area contributed by atoms with Crippen molar-refractivity contribution < 1.29 is 9.53 Å². The van der Waals surface area contributed by atoms with Gasteiger partial charge in [-0.25, -0.2) is 14.5 Å². The minimum atomic E-state index is -0.546. The molecule has 100 valence electrons. The van der Waals surface area contributed by atoms with Crippen molar-refractivity contribution in [3.63, 3.8) is 0 Å². The predicted octanol–water partition coefficient (Wildman–Crippen LogP) is 1.04. The highest BCUT2D eigenvalue weighted by atomic mass is 16.5. The first-order chi connectivity index (χ1) is 9.02. The maximum atomic E-state index is 11.6. The van der Waals surface area contributed by atoms with Crippen molar-refractivity contribution in [1.82, 2.24) is 19.7 Å². The highest BCUT2D eigenvalue weighted by molar-refractivity contribution is 5.92. The molecule has 19 heavy (non-hydrogen) atoms. The molecule has 0 fully saturated rings. The van der Waals surface area contributed by atoms with Gasteiger partial charge in [-0.05, 0) is 20.8 Å². The van der Waals surface area contributed by atoms with Crippen LogP contribution in [0.4, 0.5) is 5.69 Å². The third-order valence-corrected chi connectivity index (χ3v) is 2.63. The molecule has 0 aliphatic carbocycles. The first-order valence-electron chi connectivity index (χ1n) is 5.85. The van der Waals surface area contributed by atoms with Crippen molar-refractivity contribution in [1.29, 1.82) is 0 Å². The van der Waals surface area contributed by atoms with Crippen LogP contribution >= 0.6 is 0 Å². The number of ether oxygens (including phenoxy) is 1. The molecule has 0 radical (unpaired) electrons. The number of hydrogen-bond acceptors (Lipinski definition) is 6. The normalized spacial score (nSPS) is 10.5. The predicted molar refractivity (Wildman–Crippen MR) is 69.0 cm³/mol. The lowest BCUT2D eigenvalue weighted by Crippen LogP contribution is -2.09. The average molecular weight is 261 g/mol. The Balaban J connectivity index is 2.38. The van der Waals surface area contributed by atoms with E-state index < -0.39 is 5.97 Å². The molecule has 2 aromatic rings. The van der Waals surface area contributed by atoms with Crippen molar-refractivity contribution in [3.8, 4) is 5.82 Å². The minimum absolute atomic E-state index is 0.0851. The fourth-order valence-electron chi connectivity index (χ4n) is 1.50.